The predicted octanol–water partition coefficient (Wildman–Crippen LogP) is -0.703. The molecule has 0 fully saturated rings. The van der Waals surface area contributed by atoms with Crippen molar-refractivity contribution in [2.75, 3.05) is 0 Å². The number of rotatable bonds is 3. The third-order valence-electron chi connectivity index (χ3n) is 3.18. The number of hydrogen-bond acceptors (Lipinski definition) is 6. The molecule has 0 aliphatic rings. The fourth-order valence-corrected chi connectivity index (χ4v) is 1.90. The summed E-state index contributed by atoms with van der Waals surface area (Å²) < 4.78 is 1.31. The Bertz CT molecular complexity index is 892. The fourth-order valence-electron chi connectivity index (χ4n) is 1.90. The molecule has 114 valence electrons. The minimum Gasteiger partial charge on any atom is -0.859 e. The number of benzene rings is 1. The summed E-state index contributed by atoms with van der Waals surface area (Å²) in [5.41, 5.74) is -2.81. The Labute approximate surface area is 122 Å². The van der Waals surface area contributed by atoms with Gasteiger partial charge < -0.3 is 9.67 Å². The smallest absolute Gasteiger partial charge is 0.329 e. The van der Waals surface area contributed by atoms with E-state index < -0.39 is 33.4 Å². The van der Waals surface area contributed by atoms with Gasteiger partial charge in [0, 0.05) is 31.8 Å². The number of nitro groups is 1. The minimum absolute atomic E-state index is 0.0570. The summed E-state index contributed by atoms with van der Waals surface area (Å²) in [5, 5.41) is 22.5. The number of aromatic nitrogens is 2. The molecule has 0 spiro atoms. The molecule has 0 amide bonds. The van der Waals surface area contributed by atoms with Gasteiger partial charge in [0.1, 0.15) is 0 Å². The SMILES string of the molecule is Cn1c([O-])c(C(=O)c2ccc([N+](=O)[O-])cc2)c(=O)n(C)c1=O. The van der Waals surface area contributed by atoms with Gasteiger partial charge in [-0.15, -0.1) is 0 Å². The zero-order valence-corrected chi connectivity index (χ0v) is 11.6. The van der Waals surface area contributed by atoms with Crippen molar-refractivity contribution in [3.05, 3.63) is 66.3 Å². The van der Waals surface area contributed by atoms with Gasteiger partial charge in [0.2, 0.25) is 0 Å². The van der Waals surface area contributed by atoms with Crippen molar-refractivity contribution in [2.24, 2.45) is 14.1 Å². The predicted molar refractivity (Wildman–Crippen MR) is 72.9 cm³/mol. The second-order valence-electron chi connectivity index (χ2n) is 4.52. The van der Waals surface area contributed by atoms with Crippen LogP contribution in [-0.2, 0) is 14.1 Å². The number of non-ortho nitro benzene ring substituents is 1. The molecule has 0 radical (unpaired) electrons. The average Bonchev–Trinajstić information content (AvgIpc) is 2.51. The summed E-state index contributed by atoms with van der Waals surface area (Å²) in [6.07, 6.45) is 0. The standard InChI is InChI=1S/C13H11N3O6/c1-14-11(18)9(12(19)15(2)13(14)20)10(17)7-3-5-8(6-4-7)16(21)22/h3-6,18H,1-2H3/p-1. The molecule has 0 saturated heterocycles. The van der Waals surface area contributed by atoms with Gasteiger partial charge in [-0.05, 0) is 18.0 Å². The largest absolute Gasteiger partial charge is 0.859 e. The molecule has 9 heteroatoms. The molecule has 0 saturated carbocycles. The monoisotopic (exact) mass is 304 g/mol. The van der Waals surface area contributed by atoms with Gasteiger partial charge in [0.15, 0.2) is 5.78 Å². The summed E-state index contributed by atoms with van der Waals surface area (Å²) in [7, 11) is 2.30. The van der Waals surface area contributed by atoms with Crippen molar-refractivity contribution in [3.8, 4) is 5.88 Å². The zero-order valence-electron chi connectivity index (χ0n) is 11.6. The first-order valence-corrected chi connectivity index (χ1v) is 6.02. The van der Waals surface area contributed by atoms with Crippen LogP contribution in [0.2, 0.25) is 0 Å². The Morgan fingerprint density at radius 1 is 1.09 bits per heavy atom. The van der Waals surface area contributed by atoms with Crippen LogP contribution in [0.5, 0.6) is 5.88 Å². The summed E-state index contributed by atoms with van der Waals surface area (Å²) >= 11 is 0. The van der Waals surface area contributed by atoms with Crippen LogP contribution in [-0.4, -0.2) is 19.8 Å². The molecule has 0 aliphatic carbocycles. The Kier molecular flexibility index (Phi) is 3.64. The minimum atomic E-state index is -1.00. The highest BCUT2D eigenvalue weighted by Crippen LogP contribution is 2.16. The molecule has 0 unspecified atom stereocenters. The highest BCUT2D eigenvalue weighted by Gasteiger charge is 2.19. The highest BCUT2D eigenvalue weighted by atomic mass is 16.6. The maximum absolute atomic E-state index is 12.3. The Morgan fingerprint density at radius 3 is 2.14 bits per heavy atom. The normalized spacial score (nSPS) is 10.5. The number of carbonyl (C=O) groups is 1. The van der Waals surface area contributed by atoms with Crippen molar-refractivity contribution in [1.82, 2.24) is 9.13 Å². The van der Waals surface area contributed by atoms with Gasteiger partial charge in [0.25, 0.3) is 11.2 Å². The van der Waals surface area contributed by atoms with Crippen LogP contribution in [0.15, 0.2) is 33.9 Å². The summed E-state index contributed by atoms with van der Waals surface area (Å²) in [4.78, 5) is 45.8. The molecule has 2 aromatic rings. The molecule has 0 bridgehead atoms. The van der Waals surface area contributed by atoms with Gasteiger partial charge in [-0.2, -0.15) is 0 Å². The van der Waals surface area contributed by atoms with Crippen molar-refractivity contribution in [2.45, 2.75) is 0 Å². The fraction of sp³-hybridized carbons (Fsp3) is 0.154. The van der Waals surface area contributed by atoms with E-state index in [9.17, 15) is 29.6 Å². The number of nitro benzene ring substituents is 1. The van der Waals surface area contributed by atoms with Gasteiger partial charge >= 0.3 is 5.69 Å². The van der Waals surface area contributed by atoms with E-state index in [0.717, 1.165) is 38.4 Å². The van der Waals surface area contributed by atoms with E-state index in [1.54, 1.807) is 0 Å². The van der Waals surface area contributed by atoms with Gasteiger partial charge in [-0.3, -0.25) is 24.3 Å². The lowest BCUT2D eigenvalue weighted by atomic mass is 10.0. The molecule has 1 aromatic carbocycles. The molecule has 1 heterocycles. The Morgan fingerprint density at radius 2 is 1.64 bits per heavy atom. The summed E-state index contributed by atoms with van der Waals surface area (Å²) in [6.45, 7) is 0. The van der Waals surface area contributed by atoms with Crippen molar-refractivity contribution < 1.29 is 14.8 Å². The van der Waals surface area contributed by atoms with E-state index >= 15 is 0 Å². The van der Waals surface area contributed by atoms with Crippen LogP contribution < -0.4 is 16.4 Å². The maximum atomic E-state index is 12.3. The van der Waals surface area contributed by atoms with Crippen LogP contribution in [0.25, 0.3) is 0 Å². The van der Waals surface area contributed by atoms with E-state index in [-0.39, 0.29) is 11.3 Å². The average molecular weight is 304 g/mol. The molecule has 1 aromatic heterocycles. The summed E-state index contributed by atoms with van der Waals surface area (Å²) in [5.74, 6) is -1.90. The summed E-state index contributed by atoms with van der Waals surface area (Å²) in [6, 6.07) is 4.46. The van der Waals surface area contributed by atoms with Crippen LogP contribution in [0.1, 0.15) is 15.9 Å². The molecule has 0 aliphatic heterocycles. The van der Waals surface area contributed by atoms with E-state index in [1.165, 1.54) is 0 Å². The third-order valence-corrected chi connectivity index (χ3v) is 3.18. The van der Waals surface area contributed by atoms with Crippen LogP contribution in [0.3, 0.4) is 0 Å². The van der Waals surface area contributed by atoms with Crippen molar-refractivity contribution in [1.29, 1.82) is 0 Å². The van der Waals surface area contributed by atoms with E-state index in [2.05, 4.69) is 0 Å². The Balaban J connectivity index is 2.62. The number of carbonyl (C=O) groups excluding carboxylic acids is 1. The van der Waals surface area contributed by atoms with Crippen LogP contribution >= 0.6 is 0 Å². The first-order valence-electron chi connectivity index (χ1n) is 6.02. The van der Waals surface area contributed by atoms with Crippen LogP contribution in [0, 0.1) is 10.1 Å². The lowest BCUT2D eigenvalue weighted by Crippen LogP contribution is -2.41. The molecule has 22 heavy (non-hydrogen) atoms. The second-order valence-corrected chi connectivity index (χ2v) is 4.52. The van der Waals surface area contributed by atoms with Gasteiger partial charge in [0.05, 0.1) is 10.5 Å². The van der Waals surface area contributed by atoms with E-state index in [1.807, 2.05) is 0 Å². The highest BCUT2D eigenvalue weighted by molar-refractivity contribution is 6.10. The zero-order chi connectivity index (χ0) is 16.6. The van der Waals surface area contributed by atoms with Crippen molar-refractivity contribution >= 4 is 11.5 Å². The number of nitrogens with zero attached hydrogens (tertiary/aromatic N) is 3. The maximum Gasteiger partial charge on any atom is 0.329 e. The lowest BCUT2D eigenvalue weighted by molar-refractivity contribution is -0.384. The van der Waals surface area contributed by atoms with Gasteiger partial charge in [-0.1, -0.05) is 0 Å². The second kappa shape index (κ2) is 5.28. The first-order chi connectivity index (χ1) is 10.3. The lowest BCUT2D eigenvalue weighted by Gasteiger charge is -2.17. The molecular formula is C13H10N3O6-. The molecule has 9 nitrogen and oxygen atoms in total. The third kappa shape index (κ3) is 2.28. The van der Waals surface area contributed by atoms with Crippen LogP contribution in [0.4, 0.5) is 5.69 Å². The Hall–Kier alpha value is -3.23. The number of ketones is 1. The molecule has 0 N–H and O–H groups in total. The molecular weight excluding hydrogens is 294 g/mol. The van der Waals surface area contributed by atoms with Gasteiger partial charge in [-0.25, -0.2) is 4.79 Å². The van der Waals surface area contributed by atoms with E-state index in [4.69, 9.17) is 0 Å². The topological polar surface area (TPSA) is 127 Å². The quantitative estimate of drug-likeness (QED) is 0.419. The molecule has 0 atom stereocenters. The molecule has 2 rings (SSSR count). The van der Waals surface area contributed by atoms with E-state index in [0.29, 0.717) is 9.13 Å². The number of hydrogen-bond donors (Lipinski definition) is 0. The first kappa shape index (κ1) is 15.2. The van der Waals surface area contributed by atoms with Crippen molar-refractivity contribution in [3.63, 3.8) is 0 Å².